The second-order valence-corrected chi connectivity index (χ2v) is 13.0. The molecule has 0 bridgehead atoms. The van der Waals surface area contributed by atoms with Crippen LogP contribution in [0.25, 0.3) is 0 Å². The summed E-state index contributed by atoms with van der Waals surface area (Å²) in [7, 11) is 0. The molecule has 5 nitrogen and oxygen atoms in total. The molecule has 0 aromatic carbocycles. The van der Waals surface area contributed by atoms with Crippen LogP contribution in [0.4, 0.5) is 0 Å². The van der Waals surface area contributed by atoms with Gasteiger partial charge in [-0.3, -0.25) is 14.4 Å². The van der Waals surface area contributed by atoms with Gasteiger partial charge < -0.3 is 9.84 Å². The summed E-state index contributed by atoms with van der Waals surface area (Å²) < 4.78 is 3.38. The number of carbonyl (C=O) groups is 3. The van der Waals surface area contributed by atoms with Gasteiger partial charge in [-0.2, -0.15) is 0 Å². The Morgan fingerprint density at radius 3 is 2.32 bits per heavy atom. The molecule has 0 spiro atoms. The first-order valence-corrected chi connectivity index (χ1v) is 14.8. The van der Waals surface area contributed by atoms with E-state index < -0.39 is 33.3 Å². The van der Waals surface area contributed by atoms with Crippen LogP contribution in [0.1, 0.15) is 73.6 Å². The van der Waals surface area contributed by atoms with E-state index >= 15 is 0 Å². The Kier molecular flexibility index (Phi) is 12.5. The van der Waals surface area contributed by atoms with Gasteiger partial charge >= 0.3 is 0 Å². The SMILES string of the molecule is CCCCOC[C@](C)(O)C[C@H]1C=C[C@@H]2[C@@H](C(=O)C(Cl)(Cl)C(=O)[C@H](C)C(=O)C[C@@H](C)/C=C/C=C\[C@H]2C)[C@@H]1CC. The predicted octanol–water partition coefficient (Wildman–Crippen LogP) is 6.69. The van der Waals surface area contributed by atoms with Crippen LogP contribution in [0.3, 0.4) is 0 Å². The lowest BCUT2D eigenvalue weighted by Gasteiger charge is -2.43. The van der Waals surface area contributed by atoms with E-state index in [1.807, 2.05) is 51.2 Å². The molecule has 0 saturated carbocycles. The highest BCUT2D eigenvalue weighted by Gasteiger charge is 2.53. The highest BCUT2D eigenvalue weighted by Crippen LogP contribution is 2.47. The fourth-order valence-corrected chi connectivity index (χ4v) is 6.35. The molecule has 2 rings (SSSR count). The number of fused-ring (bicyclic) bond motifs is 1. The van der Waals surface area contributed by atoms with Gasteiger partial charge in [-0.15, -0.1) is 0 Å². The molecule has 7 heteroatoms. The molecule has 0 aliphatic heterocycles. The van der Waals surface area contributed by atoms with E-state index in [1.54, 1.807) is 6.92 Å². The van der Waals surface area contributed by atoms with Crippen molar-refractivity contribution in [2.24, 2.45) is 41.4 Å². The smallest absolute Gasteiger partial charge is 0.234 e. The molecule has 2 aliphatic carbocycles. The van der Waals surface area contributed by atoms with Crippen molar-refractivity contribution in [3.05, 3.63) is 36.5 Å². The Labute approximate surface area is 239 Å². The largest absolute Gasteiger partial charge is 0.388 e. The maximum Gasteiger partial charge on any atom is 0.234 e. The van der Waals surface area contributed by atoms with Gasteiger partial charge in [-0.25, -0.2) is 0 Å². The number of hydrogen-bond acceptors (Lipinski definition) is 5. The molecule has 0 heterocycles. The minimum Gasteiger partial charge on any atom is -0.388 e. The summed E-state index contributed by atoms with van der Waals surface area (Å²) in [4.78, 5) is 40.3. The minimum atomic E-state index is -2.33. The lowest BCUT2D eigenvalue weighted by Crippen LogP contribution is -2.51. The minimum absolute atomic E-state index is 0.0331. The summed E-state index contributed by atoms with van der Waals surface area (Å²) in [5.74, 6) is -4.02. The molecule has 0 amide bonds. The third kappa shape index (κ3) is 8.36. The number of rotatable bonds is 8. The third-order valence-corrected chi connectivity index (χ3v) is 8.85. The standard InChI is InChI=1S/C31H46Cl2O5/c1-7-9-16-38-19-30(6,37)18-23-14-15-25-21(4)13-11-10-12-20(3)17-26(34)22(5)28(35)31(32,33)29(36)27(25)24(23)8-2/h10-15,20-25,27,37H,7-9,16-19H2,1-6H3/b12-10+,13-11-/t20-,21+,22+,23+,24+,25-,27-,30+/m0/s1. The van der Waals surface area contributed by atoms with E-state index in [1.165, 1.54) is 6.92 Å². The highest BCUT2D eigenvalue weighted by atomic mass is 35.5. The van der Waals surface area contributed by atoms with E-state index in [0.29, 0.717) is 19.4 Å². The zero-order valence-electron chi connectivity index (χ0n) is 23.8. The van der Waals surface area contributed by atoms with Gasteiger partial charge in [0.1, 0.15) is 5.78 Å². The van der Waals surface area contributed by atoms with Crippen LogP contribution in [-0.2, 0) is 19.1 Å². The van der Waals surface area contributed by atoms with Gasteiger partial charge in [0.05, 0.1) is 18.1 Å². The monoisotopic (exact) mass is 568 g/mol. The first-order chi connectivity index (χ1) is 17.8. The van der Waals surface area contributed by atoms with Gasteiger partial charge in [-0.1, -0.05) is 100 Å². The summed E-state index contributed by atoms with van der Waals surface area (Å²) >= 11 is 13.2. The molecule has 1 N–H and O–H groups in total. The molecule has 38 heavy (non-hydrogen) atoms. The van der Waals surface area contributed by atoms with Gasteiger partial charge in [0.2, 0.25) is 4.33 Å². The Hall–Kier alpha value is -1.27. The van der Waals surface area contributed by atoms with Gasteiger partial charge in [0.25, 0.3) is 0 Å². The number of Topliss-reactive ketones (excluding diaryl/α,β-unsaturated/α-hetero) is 3. The summed E-state index contributed by atoms with van der Waals surface area (Å²) in [5, 5.41) is 11.1. The number of carbonyl (C=O) groups excluding carboxylic acids is 3. The van der Waals surface area contributed by atoms with Crippen LogP contribution >= 0.6 is 23.2 Å². The maximum absolute atomic E-state index is 14.1. The lowest BCUT2D eigenvalue weighted by atomic mass is 9.62. The summed E-state index contributed by atoms with van der Waals surface area (Å²) in [5.41, 5.74) is -1.09. The van der Waals surface area contributed by atoms with Crippen LogP contribution in [0.15, 0.2) is 36.5 Å². The van der Waals surface area contributed by atoms with Crippen LogP contribution in [0.5, 0.6) is 0 Å². The van der Waals surface area contributed by atoms with Crippen molar-refractivity contribution in [2.75, 3.05) is 13.2 Å². The molecular formula is C31H46Cl2O5. The van der Waals surface area contributed by atoms with Crippen molar-refractivity contribution >= 4 is 40.6 Å². The van der Waals surface area contributed by atoms with Crippen molar-refractivity contribution in [3.8, 4) is 0 Å². The molecule has 0 aromatic rings. The highest BCUT2D eigenvalue weighted by molar-refractivity contribution is 6.68. The second kappa shape index (κ2) is 14.4. The lowest BCUT2D eigenvalue weighted by molar-refractivity contribution is -0.138. The first kappa shape index (κ1) is 32.9. The van der Waals surface area contributed by atoms with Crippen LogP contribution in [-0.4, -0.2) is 45.6 Å². The van der Waals surface area contributed by atoms with Crippen molar-refractivity contribution in [1.29, 1.82) is 0 Å². The Bertz CT molecular complexity index is 919. The third-order valence-electron chi connectivity index (χ3n) is 8.10. The van der Waals surface area contributed by atoms with Crippen LogP contribution in [0, 0.1) is 41.4 Å². The van der Waals surface area contributed by atoms with Crippen molar-refractivity contribution < 1.29 is 24.2 Å². The molecule has 0 fully saturated rings. The van der Waals surface area contributed by atoms with E-state index in [2.05, 4.69) is 13.0 Å². The van der Waals surface area contributed by atoms with E-state index in [-0.39, 0.29) is 48.4 Å². The molecule has 2 aliphatic rings. The quantitative estimate of drug-likeness (QED) is 0.152. The summed E-state index contributed by atoms with van der Waals surface area (Å²) in [6.07, 6.45) is 15.1. The van der Waals surface area contributed by atoms with E-state index in [0.717, 1.165) is 12.8 Å². The van der Waals surface area contributed by atoms with E-state index in [9.17, 15) is 19.5 Å². The number of hydrogen-bond donors (Lipinski definition) is 1. The van der Waals surface area contributed by atoms with Crippen LogP contribution in [0.2, 0.25) is 0 Å². The summed E-state index contributed by atoms with van der Waals surface area (Å²) in [6, 6.07) is 0. The second-order valence-electron chi connectivity index (χ2n) is 11.6. The Balaban J connectivity index is 2.49. The number of allylic oxidation sites excluding steroid dienone is 6. The molecule has 0 radical (unpaired) electrons. The predicted molar refractivity (Wildman–Crippen MR) is 154 cm³/mol. The molecule has 8 atom stereocenters. The maximum atomic E-state index is 14.1. The average molecular weight is 570 g/mol. The van der Waals surface area contributed by atoms with Crippen molar-refractivity contribution in [1.82, 2.24) is 0 Å². The zero-order chi connectivity index (χ0) is 28.7. The molecule has 0 unspecified atom stereocenters. The number of unbranched alkanes of at least 4 members (excludes halogenated alkanes) is 1. The van der Waals surface area contributed by atoms with E-state index in [4.69, 9.17) is 27.9 Å². The average Bonchev–Trinajstić information content (AvgIpc) is 2.86. The molecule has 0 saturated heterocycles. The fraction of sp³-hybridized carbons (Fsp3) is 0.710. The number of alkyl halides is 2. The van der Waals surface area contributed by atoms with Crippen LogP contribution < -0.4 is 0 Å². The number of ketones is 3. The normalized spacial score (nSPS) is 35.7. The number of ether oxygens (including phenoxy) is 1. The Morgan fingerprint density at radius 2 is 1.68 bits per heavy atom. The first-order valence-electron chi connectivity index (χ1n) is 14.1. The topological polar surface area (TPSA) is 80.7 Å². The fourth-order valence-electron chi connectivity index (χ4n) is 5.77. The molecule has 214 valence electrons. The van der Waals surface area contributed by atoms with Gasteiger partial charge in [0, 0.05) is 18.9 Å². The molecular weight excluding hydrogens is 523 g/mol. The zero-order valence-corrected chi connectivity index (χ0v) is 25.3. The summed E-state index contributed by atoms with van der Waals surface area (Å²) in [6.45, 7) is 12.1. The number of aliphatic hydroxyl groups is 1. The number of halogens is 2. The van der Waals surface area contributed by atoms with Gasteiger partial charge in [0.15, 0.2) is 11.6 Å². The Morgan fingerprint density at radius 1 is 1.03 bits per heavy atom. The molecule has 0 aromatic heterocycles. The van der Waals surface area contributed by atoms with Crippen molar-refractivity contribution in [3.63, 3.8) is 0 Å². The van der Waals surface area contributed by atoms with Crippen molar-refractivity contribution in [2.45, 2.75) is 83.6 Å². The van der Waals surface area contributed by atoms with Gasteiger partial charge in [-0.05, 0) is 56.3 Å².